The molecule has 0 unspecified atom stereocenters. The van der Waals surface area contributed by atoms with Crippen molar-refractivity contribution in [1.82, 2.24) is 9.97 Å². The first kappa shape index (κ1) is 10.1. The molecule has 4 heteroatoms. The van der Waals surface area contributed by atoms with Crippen molar-refractivity contribution in [2.45, 2.75) is 19.3 Å². The molecule has 0 fully saturated rings. The van der Waals surface area contributed by atoms with Gasteiger partial charge >= 0.3 is 0 Å². The van der Waals surface area contributed by atoms with Crippen molar-refractivity contribution < 1.29 is 4.74 Å². The molecule has 0 aliphatic heterocycles. The van der Waals surface area contributed by atoms with Crippen molar-refractivity contribution in [2.24, 2.45) is 0 Å². The average molecular weight is 227 g/mol. The first-order chi connectivity index (χ1) is 8.31. The monoisotopic (exact) mass is 227 g/mol. The number of rotatable bonds is 2. The molecular weight excluding hydrogens is 214 g/mol. The largest absolute Gasteiger partial charge is 0.437 e. The van der Waals surface area contributed by atoms with E-state index in [2.05, 4.69) is 22.1 Å². The lowest BCUT2D eigenvalue weighted by Crippen LogP contribution is -1.94. The van der Waals surface area contributed by atoms with Crippen LogP contribution in [0.5, 0.6) is 11.6 Å². The molecule has 1 aromatic carbocycles. The lowest BCUT2D eigenvalue weighted by atomic mass is 10.1. The Morgan fingerprint density at radius 2 is 1.94 bits per heavy atom. The molecule has 86 valence electrons. The Bertz CT molecular complexity index is 537. The molecule has 0 atom stereocenters. The van der Waals surface area contributed by atoms with Gasteiger partial charge < -0.3 is 10.5 Å². The summed E-state index contributed by atoms with van der Waals surface area (Å²) in [4.78, 5) is 8.00. The van der Waals surface area contributed by atoms with E-state index in [1.165, 1.54) is 36.4 Å². The molecule has 0 saturated heterocycles. The number of hydrogen-bond acceptors (Lipinski definition) is 4. The fraction of sp³-hybridized carbons (Fsp3) is 0.231. The summed E-state index contributed by atoms with van der Waals surface area (Å²) in [5, 5.41) is 0. The Labute approximate surface area is 99.5 Å². The van der Waals surface area contributed by atoms with E-state index >= 15 is 0 Å². The highest BCUT2D eigenvalue weighted by Crippen LogP contribution is 2.28. The van der Waals surface area contributed by atoms with Gasteiger partial charge in [-0.15, -0.1) is 0 Å². The summed E-state index contributed by atoms with van der Waals surface area (Å²) in [6, 6.07) is 6.19. The minimum Gasteiger partial charge on any atom is -0.437 e. The second kappa shape index (κ2) is 4.05. The third kappa shape index (κ3) is 2.06. The Morgan fingerprint density at radius 1 is 1.06 bits per heavy atom. The average Bonchev–Trinajstić information content (AvgIpc) is 2.79. The number of ether oxygens (including phenoxy) is 1. The number of fused-ring (bicyclic) bond motifs is 1. The van der Waals surface area contributed by atoms with Gasteiger partial charge in [0.2, 0.25) is 5.88 Å². The van der Waals surface area contributed by atoms with Crippen LogP contribution in [0.4, 0.5) is 5.82 Å². The van der Waals surface area contributed by atoms with Gasteiger partial charge in [0.05, 0.1) is 12.4 Å². The number of benzene rings is 1. The lowest BCUT2D eigenvalue weighted by molar-refractivity contribution is 0.460. The molecule has 3 rings (SSSR count). The number of nitrogen functional groups attached to an aromatic ring is 1. The van der Waals surface area contributed by atoms with E-state index in [0.717, 1.165) is 12.2 Å². The Hall–Kier alpha value is -2.10. The van der Waals surface area contributed by atoms with Crippen LogP contribution in [0.15, 0.2) is 30.6 Å². The predicted molar refractivity (Wildman–Crippen MR) is 65.0 cm³/mol. The molecule has 0 radical (unpaired) electrons. The standard InChI is InChI=1S/C13H13N3O/c14-12-7-16-13(8-15-12)17-11-5-4-9-2-1-3-10(9)6-11/h4-8H,1-3H2,(H2,14,15). The van der Waals surface area contributed by atoms with Crippen LogP contribution >= 0.6 is 0 Å². The van der Waals surface area contributed by atoms with Crippen molar-refractivity contribution in [3.8, 4) is 11.6 Å². The Morgan fingerprint density at radius 3 is 2.76 bits per heavy atom. The van der Waals surface area contributed by atoms with Crippen molar-refractivity contribution in [3.05, 3.63) is 41.7 Å². The molecule has 4 nitrogen and oxygen atoms in total. The number of nitrogens with zero attached hydrogens (tertiary/aromatic N) is 2. The van der Waals surface area contributed by atoms with Gasteiger partial charge in [0, 0.05) is 0 Å². The number of nitrogens with two attached hydrogens (primary N) is 1. The summed E-state index contributed by atoms with van der Waals surface area (Å²) in [5.74, 6) is 1.67. The van der Waals surface area contributed by atoms with Gasteiger partial charge in [-0.25, -0.2) is 9.97 Å². The molecule has 0 amide bonds. The summed E-state index contributed by atoms with van der Waals surface area (Å²) in [6.45, 7) is 0. The van der Waals surface area contributed by atoms with Crippen molar-refractivity contribution in [1.29, 1.82) is 0 Å². The molecule has 1 aromatic heterocycles. The normalized spacial score (nSPS) is 13.4. The molecular formula is C13H13N3O. The van der Waals surface area contributed by atoms with E-state index < -0.39 is 0 Å². The molecule has 0 bridgehead atoms. The lowest BCUT2D eigenvalue weighted by Gasteiger charge is -2.06. The van der Waals surface area contributed by atoms with Crippen molar-refractivity contribution in [3.63, 3.8) is 0 Å². The van der Waals surface area contributed by atoms with E-state index in [-0.39, 0.29) is 0 Å². The Kier molecular flexibility index (Phi) is 2.40. The molecule has 0 saturated carbocycles. The van der Waals surface area contributed by atoms with E-state index in [0.29, 0.717) is 11.7 Å². The second-order valence-electron chi connectivity index (χ2n) is 4.17. The topological polar surface area (TPSA) is 61.0 Å². The first-order valence-corrected chi connectivity index (χ1v) is 5.68. The van der Waals surface area contributed by atoms with E-state index in [9.17, 15) is 0 Å². The zero-order valence-corrected chi connectivity index (χ0v) is 9.39. The molecule has 0 spiro atoms. The predicted octanol–water partition coefficient (Wildman–Crippen LogP) is 2.34. The fourth-order valence-electron chi connectivity index (χ4n) is 2.11. The maximum Gasteiger partial charge on any atom is 0.237 e. The fourth-order valence-corrected chi connectivity index (χ4v) is 2.11. The zero-order valence-electron chi connectivity index (χ0n) is 9.39. The number of aromatic nitrogens is 2. The van der Waals surface area contributed by atoms with E-state index in [1.807, 2.05) is 6.07 Å². The first-order valence-electron chi connectivity index (χ1n) is 5.68. The molecule has 1 aliphatic carbocycles. The highest BCUT2D eigenvalue weighted by atomic mass is 16.5. The number of hydrogen-bond donors (Lipinski definition) is 1. The minimum absolute atomic E-state index is 0.395. The van der Waals surface area contributed by atoms with Crippen LogP contribution in [0.3, 0.4) is 0 Å². The van der Waals surface area contributed by atoms with Crippen LogP contribution in [-0.2, 0) is 12.8 Å². The zero-order chi connectivity index (χ0) is 11.7. The highest BCUT2D eigenvalue weighted by Gasteiger charge is 2.11. The van der Waals surface area contributed by atoms with Crippen LogP contribution in [0.2, 0.25) is 0 Å². The van der Waals surface area contributed by atoms with Gasteiger partial charge in [0.1, 0.15) is 11.6 Å². The highest BCUT2D eigenvalue weighted by molar-refractivity contribution is 5.39. The summed E-state index contributed by atoms with van der Waals surface area (Å²) < 4.78 is 5.63. The van der Waals surface area contributed by atoms with Crippen LogP contribution < -0.4 is 10.5 Å². The minimum atomic E-state index is 0.395. The SMILES string of the molecule is Nc1cnc(Oc2ccc3c(c2)CCC3)cn1. The molecule has 1 heterocycles. The Balaban J connectivity index is 1.83. The molecule has 2 aromatic rings. The number of aryl methyl sites for hydroxylation is 2. The molecule has 2 N–H and O–H groups in total. The van der Waals surface area contributed by atoms with Gasteiger partial charge in [-0.3, -0.25) is 0 Å². The molecule has 1 aliphatic rings. The van der Waals surface area contributed by atoms with Crippen LogP contribution in [0, 0.1) is 0 Å². The van der Waals surface area contributed by atoms with Crippen molar-refractivity contribution >= 4 is 5.82 Å². The maximum absolute atomic E-state index is 5.63. The molecule has 17 heavy (non-hydrogen) atoms. The van der Waals surface area contributed by atoms with Gasteiger partial charge in [-0.1, -0.05) is 6.07 Å². The second-order valence-corrected chi connectivity index (χ2v) is 4.17. The van der Waals surface area contributed by atoms with E-state index in [1.54, 1.807) is 0 Å². The van der Waals surface area contributed by atoms with Gasteiger partial charge in [-0.2, -0.15) is 0 Å². The van der Waals surface area contributed by atoms with Crippen molar-refractivity contribution in [2.75, 3.05) is 5.73 Å². The van der Waals surface area contributed by atoms with Gasteiger partial charge in [0.25, 0.3) is 0 Å². The van der Waals surface area contributed by atoms with Gasteiger partial charge in [0.15, 0.2) is 0 Å². The number of anilines is 1. The summed E-state index contributed by atoms with van der Waals surface area (Å²) in [7, 11) is 0. The van der Waals surface area contributed by atoms with Crippen LogP contribution in [-0.4, -0.2) is 9.97 Å². The summed E-state index contributed by atoms with van der Waals surface area (Å²) >= 11 is 0. The van der Waals surface area contributed by atoms with E-state index in [4.69, 9.17) is 10.5 Å². The summed E-state index contributed by atoms with van der Waals surface area (Å²) in [5.41, 5.74) is 8.28. The van der Waals surface area contributed by atoms with Crippen LogP contribution in [0.1, 0.15) is 17.5 Å². The van der Waals surface area contributed by atoms with Gasteiger partial charge in [-0.05, 0) is 42.5 Å². The maximum atomic E-state index is 5.63. The summed E-state index contributed by atoms with van der Waals surface area (Å²) in [6.07, 6.45) is 6.57. The third-order valence-corrected chi connectivity index (χ3v) is 2.94. The van der Waals surface area contributed by atoms with Crippen LogP contribution in [0.25, 0.3) is 0 Å². The smallest absolute Gasteiger partial charge is 0.237 e. The quantitative estimate of drug-likeness (QED) is 0.855. The third-order valence-electron chi connectivity index (χ3n) is 2.94.